The Morgan fingerprint density at radius 1 is 1.35 bits per heavy atom. The third-order valence-corrected chi connectivity index (χ3v) is 4.62. The highest BCUT2D eigenvalue weighted by Crippen LogP contribution is 2.22. The Hall–Kier alpha value is -1.26. The molecule has 3 rings (SSSR count). The van der Waals surface area contributed by atoms with E-state index in [2.05, 4.69) is 40.7 Å². The quantitative estimate of drug-likeness (QED) is 0.794. The molecule has 0 unspecified atom stereocenters. The van der Waals surface area contributed by atoms with Crippen LogP contribution in [0.4, 0.5) is 0 Å². The van der Waals surface area contributed by atoms with E-state index in [0.29, 0.717) is 0 Å². The zero-order valence-electron chi connectivity index (χ0n) is 11.9. The van der Waals surface area contributed by atoms with Crippen molar-refractivity contribution in [1.29, 1.82) is 0 Å². The molecule has 2 aromatic rings. The van der Waals surface area contributed by atoms with Crippen LogP contribution >= 0.6 is 11.8 Å². The summed E-state index contributed by atoms with van der Waals surface area (Å²) in [4.78, 5) is 1.36. The molecule has 0 amide bonds. The summed E-state index contributed by atoms with van der Waals surface area (Å²) >= 11 is 1.92. The molecule has 0 atom stereocenters. The molecule has 1 aliphatic carbocycles. The van der Waals surface area contributed by atoms with Gasteiger partial charge in [-0.3, -0.25) is 4.68 Å². The molecule has 4 heteroatoms. The smallest absolute Gasteiger partial charge is 0.0492 e. The largest absolute Gasteiger partial charge is 0.310 e. The molecular formula is C16H21N3S. The van der Waals surface area contributed by atoms with Crippen molar-refractivity contribution in [3.05, 3.63) is 47.8 Å². The molecule has 0 bridgehead atoms. The van der Waals surface area contributed by atoms with Crippen molar-refractivity contribution in [3.63, 3.8) is 0 Å². The van der Waals surface area contributed by atoms with Gasteiger partial charge in [-0.2, -0.15) is 5.10 Å². The third-order valence-electron chi connectivity index (χ3n) is 3.62. The van der Waals surface area contributed by atoms with Gasteiger partial charge in [0.2, 0.25) is 0 Å². The van der Waals surface area contributed by atoms with Gasteiger partial charge >= 0.3 is 0 Å². The fourth-order valence-electron chi connectivity index (χ4n) is 2.21. The molecular weight excluding hydrogens is 266 g/mol. The van der Waals surface area contributed by atoms with E-state index in [1.807, 2.05) is 29.7 Å². The number of nitrogens with zero attached hydrogens (tertiary/aromatic N) is 2. The minimum absolute atomic E-state index is 0.774. The summed E-state index contributed by atoms with van der Waals surface area (Å²) in [7, 11) is 2.00. The van der Waals surface area contributed by atoms with E-state index in [4.69, 9.17) is 0 Å². The average molecular weight is 287 g/mol. The summed E-state index contributed by atoms with van der Waals surface area (Å²) in [5.74, 6) is 1.10. The van der Waals surface area contributed by atoms with E-state index in [-0.39, 0.29) is 0 Å². The van der Waals surface area contributed by atoms with Crippen molar-refractivity contribution < 1.29 is 0 Å². The number of hydrogen-bond donors (Lipinski definition) is 1. The Morgan fingerprint density at radius 3 is 3.00 bits per heavy atom. The first-order valence-corrected chi connectivity index (χ1v) is 8.22. The van der Waals surface area contributed by atoms with Gasteiger partial charge in [0.15, 0.2) is 0 Å². The standard InChI is InChI=1S/C16H21N3S/c1-19-15(7-9-18-19)8-10-20-16-4-2-3-13(11-16)12-17-14-5-6-14/h2-4,7,9,11,14,17H,5-6,8,10,12H2,1H3. The predicted octanol–water partition coefficient (Wildman–Crippen LogP) is 3.01. The van der Waals surface area contributed by atoms with Gasteiger partial charge in [0.1, 0.15) is 0 Å². The highest BCUT2D eigenvalue weighted by molar-refractivity contribution is 7.99. The van der Waals surface area contributed by atoms with E-state index in [0.717, 1.165) is 24.8 Å². The fraction of sp³-hybridized carbons (Fsp3) is 0.438. The molecule has 1 aromatic carbocycles. The second-order valence-corrected chi connectivity index (χ2v) is 6.52. The second kappa shape index (κ2) is 6.46. The molecule has 0 saturated heterocycles. The Kier molecular flexibility index (Phi) is 4.43. The summed E-state index contributed by atoms with van der Waals surface area (Å²) in [5, 5.41) is 7.77. The lowest BCUT2D eigenvalue weighted by Crippen LogP contribution is -2.15. The zero-order chi connectivity index (χ0) is 13.8. The minimum Gasteiger partial charge on any atom is -0.310 e. The molecule has 1 heterocycles. The van der Waals surface area contributed by atoms with E-state index >= 15 is 0 Å². The van der Waals surface area contributed by atoms with Crippen LogP contribution in [0, 0.1) is 0 Å². The first-order valence-electron chi connectivity index (χ1n) is 7.23. The van der Waals surface area contributed by atoms with Gasteiger partial charge in [0.05, 0.1) is 0 Å². The van der Waals surface area contributed by atoms with Crippen molar-refractivity contribution in [2.45, 2.75) is 36.7 Å². The SMILES string of the molecule is Cn1nccc1CCSc1cccc(CNC2CC2)c1. The van der Waals surface area contributed by atoms with Crippen molar-refractivity contribution in [3.8, 4) is 0 Å². The molecule has 1 aliphatic rings. The van der Waals surface area contributed by atoms with Crippen LogP contribution in [0.1, 0.15) is 24.1 Å². The maximum atomic E-state index is 4.20. The molecule has 106 valence electrons. The molecule has 1 fully saturated rings. The first kappa shape index (κ1) is 13.7. The number of thioether (sulfide) groups is 1. The van der Waals surface area contributed by atoms with Gasteiger partial charge in [-0.15, -0.1) is 11.8 Å². The maximum absolute atomic E-state index is 4.20. The Balaban J connectivity index is 1.49. The lowest BCUT2D eigenvalue weighted by atomic mass is 10.2. The molecule has 1 aromatic heterocycles. The molecule has 0 aliphatic heterocycles. The van der Waals surface area contributed by atoms with Crippen molar-refractivity contribution >= 4 is 11.8 Å². The topological polar surface area (TPSA) is 29.9 Å². The van der Waals surface area contributed by atoms with Gasteiger partial charge < -0.3 is 5.32 Å². The van der Waals surface area contributed by atoms with Crippen LogP contribution < -0.4 is 5.32 Å². The van der Waals surface area contributed by atoms with Crippen LogP contribution in [0.15, 0.2) is 41.4 Å². The molecule has 1 saturated carbocycles. The number of aromatic nitrogens is 2. The number of aryl methyl sites for hydroxylation is 2. The summed E-state index contributed by atoms with van der Waals surface area (Å²) in [6, 6.07) is 11.8. The van der Waals surface area contributed by atoms with Crippen LogP contribution in [0.5, 0.6) is 0 Å². The highest BCUT2D eigenvalue weighted by Gasteiger charge is 2.19. The van der Waals surface area contributed by atoms with Gasteiger partial charge in [-0.05, 0) is 43.0 Å². The van der Waals surface area contributed by atoms with Gasteiger partial charge in [0.25, 0.3) is 0 Å². The summed E-state index contributed by atoms with van der Waals surface area (Å²) in [6.07, 6.45) is 5.62. The summed E-state index contributed by atoms with van der Waals surface area (Å²) in [5.41, 5.74) is 2.69. The Labute approximate surface area is 124 Å². The number of nitrogens with one attached hydrogen (secondary N) is 1. The van der Waals surface area contributed by atoms with Crippen molar-refractivity contribution in [1.82, 2.24) is 15.1 Å². The molecule has 20 heavy (non-hydrogen) atoms. The minimum atomic E-state index is 0.774. The third kappa shape index (κ3) is 3.87. The monoisotopic (exact) mass is 287 g/mol. The van der Waals surface area contributed by atoms with Crippen LogP contribution in [0.3, 0.4) is 0 Å². The maximum Gasteiger partial charge on any atom is 0.0492 e. The average Bonchev–Trinajstić information content (AvgIpc) is 3.20. The molecule has 3 nitrogen and oxygen atoms in total. The number of benzene rings is 1. The second-order valence-electron chi connectivity index (χ2n) is 5.35. The zero-order valence-corrected chi connectivity index (χ0v) is 12.7. The van der Waals surface area contributed by atoms with Crippen LogP contribution in [0.25, 0.3) is 0 Å². The number of rotatable bonds is 7. The highest BCUT2D eigenvalue weighted by atomic mass is 32.2. The van der Waals surface area contributed by atoms with Crippen molar-refractivity contribution in [2.75, 3.05) is 5.75 Å². The van der Waals surface area contributed by atoms with Crippen molar-refractivity contribution in [2.24, 2.45) is 7.05 Å². The van der Waals surface area contributed by atoms with E-state index in [1.54, 1.807) is 0 Å². The molecule has 0 spiro atoms. The first-order chi connectivity index (χ1) is 9.81. The summed E-state index contributed by atoms with van der Waals surface area (Å²) in [6.45, 7) is 1.00. The predicted molar refractivity (Wildman–Crippen MR) is 83.9 cm³/mol. The normalized spacial score (nSPS) is 14.7. The van der Waals surface area contributed by atoms with Gasteiger partial charge in [-0.25, -0.2) is 0 Å². The lowest BCUT2D eigenvalue weighted by molar-refractivity contribution is 0.687. The van der Waals surface area contributed by atoms with E-state index in [1.165, 1.54) is 29.0 Å². The van der Waals surface area contributed by atoms with Crippen LogP contribution in [-0.4, -0.2) is 21.6 Å². The number of hydrogen-bond acceptors (Lipinski definition) is 3. The van der Waals surface area contributed by atoms with Gasteiger partial charge in [-0.1, -0.05) is 12.1 Å². The van der Waals surface area contributed by atoms with Crippen LogP contribution in [0.2, 0.25) is 0 Å². The van der Waals surface area contributed by atoms with Gasteiger partial charge in [0, 0.05) is 42.2 Å². The Morgan fingerprint density at radius 2 is 2.25 bits per heavy atom. The lowest BCUT2D eigenvalue weighted by Gasteiger charge is -2.06. The summed E-state index contributed by atoms with van der Waals surface area (Å²) < 4.78 is 1.95. The van der Waals surface area contributed by atoms with E-state index in [9.17, 15) is 0 Å². The molecule has 0 radical (unpaired) electrons. The van der Waals surface area contributed by atoms with E-state index < -0.39 is 0 Å². The molecule has 1 N–H and O–H groups in total. The fourth-order valence-corrected chi connectivity index (χ4v) is 3.17. The Bertz CT molecular complexity index is 560. The van der Waals surface area contributed by atoms with Crippen LogP contribution in [-0.2, 0) is 20.0 Å².